The lowest BCUT2D eigenvalue weighted by Crippen LogP contribution is -2.23. The van der Waals surface area contributed by atoms with E-state index in [2.05, 4.69) is 5.32 Å². The molecule has 2 nitrogen and oxygen atoms in total. The molecule has 1 aliphatic carbocycles. The molecular formula is C11H13NO. The van der Waals surface area contributed by atoms with Gasteiger partial charge in [0.05, 0.1) is 6.04 Å². The van der Waals surface area contributed by atoms with E-state index in [1.165, 1.54) is 0 Å². The fourth-order valence-electron chi connectivity index (χ4n) is 1.70. The Morgan fingerprint density at radius 3 is 2.62 bits per heavy atom. The summed E-state index contributed by atoms with van der Waals surface area (Å²) in [6.45, 7) is 0. The molecule has 1 aliphatic rings. The van der Waals surface area contributed by atoms with Crippen LogP contribution in [-0.2, 0) is 4.79 Å². The Kier molecular flexibility index (Phi) is 2.30. The first kappa shape index (κ1) is 8.30. The highest BCUT2D eigenvalue weighted by molar-refractivity contribution is 5.88. The van der Waals surface area contributed by atoms with Crippen LogP contribution in [0.1, 0.15) is 19.3 Å². The summed E-state index contributed by atoms with van der Waals surface area (Å²) in [5.74, 6) is 0.351. The molecule has 1 aromatic carbocycles. The number of carbonyl (C=O) groups excluding carboxylic acids is 1. The molecule has 0 bridgehead atoms. The van der Waals surface area contributed by atoms with E-state index in [0.717, 1.165) is 24.9 Å². The molecule has 13 heavy (non-hydrogen) atoms. The summed E-state index contributed by atoms with van der Waals surface area (Å²) in [6, 6.07) is 9.96. The number of nitrogens with one attached hydrogen (secondary N) is 1. The maximum absolute atomic E-state index is 11.3. The van der Waals surface area contributed by atoms with Crippen molar-refractivity contribution in [3.05, 3.63) is 30.3 Å². The molecule has 1 N–H and O–H groups in total. The predicted octanol–water partition coefficient (Wildman–Crippen LogP) is 2.22. The lowest BCUT2D eigenvalue weighted by Gasteiger charge is -2.11. The molecule has 1 atom stereocenters. The molecule has 0 saturated heterocycles. The number of ketones is 1. The van der Waals surface area contributed by atoms with Crippen molar-refractivity contribution >= 4 is 11.5 Å². The van der Waals surface area contributed by atoms with E-state index in [9.17, 15) is 4.79 Å². The highest BCUT2D eigenvalue weighted by Crippen LogP contribution is 2.18. The summed E-state index contributed by atoms with van der Waals surface area (Å²) in [4.78, 5) is 11.3. The topological polar surface area (TPSA) is 29.1 Å². The SMILES string of the molecule is O=C1CCCC1Nc1ccccc1. The number of hydrogen-bond acceptors (Lipinski definition) is 2. The summed E-state index contributed by atoms with van der Waals surface area (Å²) in [5, 5.41) is 3.24. The molecular weight excluding hydrogens is 162 g/mol. The van der Waals surface area contributed by atoms with Gasteiger partial charge in [0.2, 0.25) is 0 Å². The smallest absolute Gasteiger partial charge is 0.155 e. The second kappa shape index (κ2) is 3.60. The van der Waals surface area contributed by atoms with Gasteiger partial charge in [0.15, 0.2) is 5.78 Å². The van der Waals surface area contributed by atoms with Gasteiger partial charge in [-0.3, -0.25) is 4.79 Å². The molecule has 0 aromatic heterocycles. The molecule has 0 aliphatic heterocycles. The zero-order chi connectivity index (χ0) is 9.10. The van der Waals surface area contributed by atoms with Crippen molar-refractivity contribution in [3.63, 3.8) is 0 Å². The number of benzene rings is 1. The van der Waals surface area contributed by atoms with Crippen LogP contribution in [0.15, 0.2) is 30.3 Å². The summed E-state index contributed by atoms with van der Waals surface area (Å²) >= 11 is 0. The third-order valence-corrected chi connectivity index (χ3v) is 2.42. The lowest BCUT2D eigenvalue weighted by atomic mass is 10.2. The van der Waals surface area contributed by atoms with Gasteiger partial charge in [-0.05, 0) is 25.0 Å². The van der Waals surface area contributed by atoms with E-state index in [4.69, 9.17) is 0 Å². The van der Waals surface area contributed by atoms with Gasteiger partial charge in [-0.25, -0.2) is 0 Å². The summed E-state index contributed by atoms with van der Waals surface area (Å²) in [5.41, 5.74) is 1.04. The quantitative estimate of drug-likeness (QED) is 0.746. The van der Waals surface area contributed by atoms with Crippen LogP contribution >= 0.6 is 0 Å². The molecule has 0 amide bonds. The van der Waals surface area contributed by atoms with Crippen molar-refractivity contribution < 1.29 is 4.79 Å². The van der Waals surface area contributed by atoms with Crippen LogP contribution < -0.4 is 5.32 Å². The first-order valence-corrected chi connectivity index (χ1v) is 4.70. The molecule has 0 radical (unpaired) electrons. The van der Waals surface area contributed by atoms with Crippen molar-refractivity contribution in [1.29, 1.82) is 0 Å². The first-order chi connectivity index (χ1) is 6.36. The van der Waals surface area contributed by atoms with Crippen LogP contribution in [0.3, 0.4) is 0 Å². The fourth-order valence-corrected chi connectivity index (χ4v) is 1.70. The number of Topliss-reactive ketones (excluding diaryl/α,β-unsaturated/α-hetero) is 1. The third kappa shape index (κ3) is 1.89. The molecule has 1 aromatic rings. The third-order valence-electron chi connectivity index (χ3n) is 2.42. The first-order valence-electron chi connectivity index (χ1n) is 4.70. The van der Waals surface area contributed by atoms with Gasteiger partial charge in [-0.1, -0.05) is 18.2 Å². The maximum atomic E-state index is 11.3. The summed E-state index contributed by atoms with van der Waals surface area (Å²) in [7, 11) is 0. The lowest BCUT2D eigenvalue weighted by molar-refractivity contribution is -0.118. The molecule has 0 heterocycles. The minimum Gasteiger partial charge on any atom is -0.375 e. The Morgan fingerprint density at radius 1 is 1.23 bits per heavy atom. The molecule has 2 rings (SSSR count). The van der Waals surface area contributed by atoms with Crippen molar-refractivity contribution in [2.45, 2.75) is 25.3 Å². The average molecular weight is 175 g/mol. The van der Waals surface area contributed by atoms with Crippen LogP contribution in [-0.4, -0.2) is 11.8 Å². The number of para-hydroxylation sites is 1. The van der Waals surface area contributed by atoms with Crippen LogP contribution in [0.25, 0.3) is 0 Å². The Bertz CT molecular complexity index is 294. The zero-order valence-corrected chi connectivity index (χ0v) is 7.49. The second-order valence-electron chi connectivity index (χ2n) is 3.42. The van der Waals surface area contributed by atoms with Gasteiger partial charge < -0.3 is 5.32 Å². The normalized spacial score (nSPS) is 21.8. The van der Waals surface area contributed by atoms with Crippen molar-refractivity contribution in [2.75, 3.05) is 5.32 Å². The van der Waals surface area contributed by atoms with Crippen molar-refractivity contribution in [3.8, 4) is 0 Å². The summed E-state index contributed by atoms with van der Waals surface area (Å²) < 4.78 is 0. The van der Waals surface area contributed by atoms with E-state index < -0.39 is 0 Å². The Hall–Kier alpha value is -1.31. The summed E-state index contributed by atoms with van der Waals surface area (Å²) in [6.07, 6.45) is 2.75. The van der Waals surface area contributed by atoms with Crippen LogP contribution in [0.5, 0.6) is 0 Å². The van der Waals surface area contributed by atoms with Gasteiger partial charge >= 0.3 is 0 Å². The number of carbonyl (C=O) groups is 1. The van der Waals surface area contributed by atoms with E-state index in [1.54, 1.807) is 0 Å². The predicted molar refractivity (Wildman–Crippen MR) is 52.7 cm³/mol. The van der Waals surface area contributed by atoms with Crippen LogP contribution in [0.2, 0.25) is 0 Å². The van der Waals surface area contributed by atoms with Gasteiger partial charge in [0.25, 0.3) is 0 Å². The van der Waals surface area contributed by atoms with Gasteiger partial charge in [-0.15, -0.1) is 0 Å². The largest absolute Gasteiger partial charge is 0.375 e. The van der Waals surface area contributed by atoms with Crippen LogP contribution in [0.4, 0.5) is 5.69 Å². The minimum atomic E-state index is 0.0578. The average Bonchev–Trinajstić information content (AvgIpc) is 2.54. The van der Waals surface area contributed by atoms with E-state index >= 15 is 0 Å². The highest BCUT2D eigenvalue weighted by atomic mass is 16.1. The van der Waals surface area contributed by atoms with Crippen molar-refractivity contribution in [2.24, 2.45) is 0 Å². The Labute approximate surface area is 78.0 Å². The number of hydrogen-bond donors (Lipinski definition) is 1. The van der Waals surface area contributed by atoms with E-state index in [0.29, 0.717) is 5.78 Å². The van der Waals surface area contributed by atoms with Gasteiger partial charge in [0.1, 0.15) is 0 Å². The van der Waals surface area contributed by atoms with E-state index in [-0.39, 0.29) is 6.04 Å². The minimum absolute atomic E-state index is 0.0578. The van der Waals surface area contributed by atoms with Crippen molar-refractivity contribution in [1.82, 2.24) is 0 Å². The molecule has 1 unspecified atom stereocenters. The highest BCUT2D eigenvalue weighted by Gasteiger charge is 2.23. The fraction of sp³-hybridized carbons (Fsp3) is 0.364. The number of anilines is 1. The maximum Gasteiger partial charge on any atom is 0.155 e. The molecule has 1 saturated carbocycles. The molecule has 2 heteroatoms. The Morgan fingerprint density at radius 2 is 2.00 bits per heavy atom. The number of rotatable bonds is 2. The van der Waals surface area contributed by atoms with Crippen LogP contribution in [0, 0.1) is 0 Å². The molecule has 0 spiro atoms. The molecule has 68 valence electrons. The molecule has 1 fully saturated rings. The van der Waals surface area contributed by atoms with E-state index in [1.807, 2.05) is 30.3 Å². The zero-order valence-electron chi connectivity index (χ0n) is 7.49. The standard InChI is InChI=1S/C11H13NO/c13-11-8-4-7-10(11)12-9-5-2-1-3-6-9/h1-3,5-6,10,12H,4,7-8H2. The van der Waals surface area contributed by atoms with Gasteiger partial charge in [-0.2, -0.15) is 0 Å². The Balaban J connectivity index is 2.02. The second-order valence-corrected chi connectivity index (χ2v) is 3.42. The monoisotopic (exact) mass is 175 g/mol. The van der Waals surface area contributed by atoms with Gasteiger partial charge in [0, 0.05) is 12.1 Å².